The number of carbonyl (C=O) groups is 1. The van der Waals surface area contributed by atoms with E-state index in [0.717, 1.165) is 13.0 Å². The summed E-state index contributed by atoms with van der Waals surface area (Å²) < 4.78 is 36.6. The van der Waals surface area contributed by atoms with Gasteiger partial charge in [-0.05, 0) is 18.2 Å². The molecule has 0 saturated heterocycles. The molecular formula is C15H24N3O5S+. The molecule has 0 aromatic heterocycles. The number of benzene rings is 1. The molecule has 0 bridgehead atoms. The van der Waals surface area contributed by atoms with Crippen LogP contribution in [0.25, 0.3) is 0 Å². The molecule has 1 aromatic carbocycles. The Labute approximate surface area is 142 Å². The average Bonchev–Trinajstić information content (AvgIpc) is 2.98. The van der Waals surface area contributed by atoms with E-state index in [1.165, 1.54) is 4.90 Å². The van der Waals surface area contributed by atoms with Crippen LogP contribution in [0, 0.1) is 0 Å². The number of carbonyl (C=O) groups excluding carboxylic acids is 1. The normalized spacial score (nSPS) is 13.3. The number of quaternary nitrogens is 1. The Morgan fingerprint density at radius 2 is 1.96 bits per heavy atom. The number of amides is 1. The zero-order chi connectivity index (χ0) is 17.6. The zero-order valence-corrected chi connectivity index (χ0v) is 14.7. The molecule has 0 atom stereocenters. The Balaban J connectivity index is 1.73. The molecule has 1 aliphatic heterocycles. The average molecular weight is 358 g/mol. The molecule has 3 N–H and O–H groups in total. The largest absolute Gasteiger partial charge is 0.454 e. The molecule has 1 amide bonds. The van der Waals surface area contributed by atoms with Crippen molar-refractivity contribution < 1.29 is 27.6 Å². The number of fused-ring (bicyclic) bond motifs is 1. The summed E-state index contributed by atoms with van der Waals surface area (Å²) in [5.41, 5.74) is 0.401. The molecule has 9 heteroatoms. The van der Waals surface area contributed by atoms with Gasteiger partial charge in [0.1, 0.15) is 0 Å². The van der Waals surface area contributed by atoms with E-state index in [2.05, 4.69) is 10.0 Å². The maximum absolute atomic E-state index is 12.0. The highest BCUT2D eigenvalue weighted by molar-refractivity contribution is 7.89. The van der Waals surface area contributed by atoms with Crippen molar-refractivity contribution in [3.05, 3.63) is 23.8 Å². The highest BCUT2D eigenvalue weighted by atomic mass is 32.2. The van der Waals surface area contributed by atoms with Gasteiger partial charge in [-0.15, -0.1) is 0 Å². The lowest BCUT2D eigenvalue weighted by Crippen LogP contribution is -3.05. The minimum absolute atomic E-state index is 0.0432. The van der Waals surface area contributed by atoms with Crippen molar-refractivity contribution in [2.75, 3.05) is 46.3 Å². The monoisotopic (exact) mass is 358 g/mol. The van der Waals surface area contributed by atoms with Crippen LogP contribution in [-0.2, 0) is 10.0 Å². The van der Waals surface area contributed by atoms with Crippen molar-refractivity contribution in [3.8, 4) is 11.5 Å². The van der Waals surface area contributed by atoms with E-state index >= 15 is 0 Å². The molecule has 1 aromatic rings. The minimum atomic E-state index is -3.39. The van der Waals surface area contributed by atoms with Gasteiger partial charge in [0.2, 0.25) is 16.8 Å². The second-order valence-corrected chi connectivity index (χ2v) is 7.77. The van der Waals surface area contributed by atoms with E-state index in [0.29, 0.717) is 23.6 Å². The summed E-state index contributed by atoms with van der Waals surface area (Å²) in [6.07, 6.45) is 0.769. The molecule has 8 nitrogen and oxygen atoms in total. The molecule has 0 unspecified atom stereocenters. The van der Waals surface area contributed by atoms with Gasteiger partial charge in [-0.25, -0.2) is 13.1 Å². The SMILES string of the molecule is C[NH+](C)CCCNS(=O)(=O)CCNC(=O)c1ccc2c(c1)OCO2. The van der Waals surface area contributed by atoms with Crippen LogP contribution < -0.4 is 24.4 Å². The molecule has 134 valence electrons. The first-order chi connectivity index (χ1) is 11.4. The molecular weight excluding hydrogens is 334 g/mol. The first kappa shape index (κ1) is 18.5. The number of sulfonamides is 1. The number of rotatable bonds is 9. The second kappa shape index (κ2) is 8.32. The summed E-state index contributed by atoms with van der Waals surface area (Å²) in [6, 6.07) is 4.84. The minimum Gasteiger partial charge on any atom is -0.454 e. The van der Waals surface area contributed by atoms with Crippen LogP contribution >= 0.6 is 0 Å². The maximum Gasteiger partial charge on any atom is 0.251 e. The Hall–Kier alpha value is -1.84. The fourth-order valence-corrected chi connectivity index (χ4v) is 3.15. The molecule has 0 radical (unpaired) electrons. The highest BCUT2D eigenvalue weighted by Gasteiger charge is 2.17. The lowest BCUT2D eigenvalue weighted by molar-refractivity contribution is -0.858. The molecule has 0 aliphatic carbocycles. The van der Waals surface area contributed by atoms with Crippen LogP contribution in [-0.4, -0.2) is 60.6 Å². The Morgan fingerprint density at radius 1 is 1.21 bits per heavy atom. The molecule has 24 heavy (non-hydrogen) atoms. The summed E-state index contributed by atoms with van der Waals surface area (Å²) in [5.74, 6) is 0.607. The molecule has 1 heterocycles. The van der Waals surface area contributed by atoms with Crippen molar-refractivity contribution in [1.29, 1.82) is 0 Å². The summed E-state index contributed by atoms with van der Waals surface area (Å²) >= 11 is 0. The Morgan fingerprint density at radius 3 is 2.71 bits per heavy atom. The fraction of sp³-hybridized carbons (Fsp3) is 0.533. The van der Waals surface area contributed by atoms with Gasteiger partial charge >= 0.3 is 0 Å². The predicted molar refractivity (Wildman–Crippen MR) is 89.0 cm³/mol. The molecule has 0 saturated carbocycles. The fourth-order valence-electron chi connectivity index (χ4n) is 2.18. The second-order valence-electron chi connectivity index (χ2n) is 5.85. The smallest absolute Gasteiger partial charge is 0.251 e. The molecule has 0 fully saturated rings. The van der Waals surface area contributed by atoms with Gasteiger partial charge in [-0.1, -0.05) is 0 Å². The van der Waals surface area contributed by atoms with Crippen LogP contribution in [0.1, 0.15) is 16.8 Å². The lowest BCUT2D eigenvalue weighted by atomic mass is 10.2. The van der Waals surface area contributed by atoms with Crippen molar-refractivity contribution in [1.82, 2.24) is 10.0 Å². The van der Waals surface area contributed by atoms with E-state index < -0.39 is 10.0 Å². The first-order valence-corrected chi connectivity index (χ1v) is 9.47. The first-order valence-electron chi connectivity index (χ1n) is 7.81. The molecule has 2 rings (SSSR count). The van der Waals surface area contributed by atoms with Crippen LogP contribution in [0.15, 0.2) is 18.2 Å². The summed E-state index contributed by atoms with van der Waals surface area (Å²) in [4.78, 5) is 13.3. The standard InChI is InChI=1S/C15H23N3O5S/c1-18(2)8-3-6-17-24(20,21)9-7-16-15(19)12-4-5-13-14(10-12)23-11-22-13/h4-5,10,17H,3,6-9,11H2,1-2H3,(H,16,19)/p+1. The number of ether oxygens (including phenoxy) is 2. The zero-order valence-electron chi connectivity index (χ0n) is 13.9. The van der Waals surface area contributed by atoms with Crippen LogP contribution in [0.4, 0.5) is 0 Å². The van der Waals surface area contributed by atoms with Gasteiger partial charge < -0.3 is 19.7 Å². The Kier molecular flexibility index (Phi) is 6.41. The number of nitrogens with one attached hydrogen (secondary N) is 3. The van der Waals surface area contributed by atoms with Gasteiger partial charge in [0.05, 0.1) is 26.4 Å². The van der Waals surface area contributed by atoms with Gasteiger partial charge in [0, 0.05) is 25.1 Å². The van der Waals surface area contributed by atoms with E-state index in [1.54, 1.807) is 18.2 Å². The van der Waals surface area contributed by atoms with Crippen molar-refractivity contribution in [2.24, 2.45) is 0 Å². The van der Waals surface area contributed by atoms with E-state index in [-0.39, 0.29) is 25.0 Å². The third kappa shape index (κ3) is 5.66. The van der Waals surface area contributed by atoms with E-state index in [1.807, 2.05) is 14.1 Å². The highest BCUT2D eigenvalue weighted by Crippen LogP contribution is 2.32. The number of hydrogen-bond acceptors (Lipinski definition) is 5. The van der Waals surface area contributed by atoms with E-state index in [9.17, 15) is 13.2 Å². The third-order valence-corrected chi connectivity index (χ3v) is 4.85. The van der Waals surface area contributed by atoms with Gasteiger partial charge in [-0.3, -0.25) is 4.79 Å². The Bertz CT molecular complexity index is 676. The summed E-state index contributed by atoms with van der Waals surface area (Å²) in [5, 5.41) is 2.60. The summed E-state index contributed by atoms with van der Waals surface area (Å²) in [6.45, 7) is 1.48. The van der Waals surface area contributed by atoms with Gasteiger partial charge in [0.25, 0.3) is 5.91 Å². The third-order valence-electron chi connectivity index (χ3n) is 3.47. The number of hydrogen-bond donors (Lipinski definition) is 3. The lowest BCUT2D eigenvalue weighted by Gasteiger charge is -2.09. The van der Waals surface area contributed by atoms with Gasteiger partial charge in [0.15, 0.2) is 11.5 Å². The van der Waals surface area contributed by atoms with Crippen LogP contribution in [0.2, 0.25) is 0 Å². The maximum atomic E-state index is 12.0. The molecule has 1 aliphatic rings. The van der Waals surface area contributed by atoms with Crippen molar-refractivity contribution in [3.63, 3.8) is 0 Å². The van der Waals surface area contributed by atoms with E-state index in [4.69, 9.17) is 9.47 Å². The van der Waals surface area contributed by atoms with Crippen LogP contribution in [0.5, 0.6) is 11.5 Å². The summed E-state index contributed by atoms with van der Waals surface area (Å²) in [7, 11) is 0.643. The predicted octanol–water partition coefficient (Wildman–Crippen LogP) is -1.40. The van der Waals surface area contributed by atoms with Crippen LogP contribution in [0.3, 0.4) is 0 Å². The van der Waals surface area contributed by atoms with Crippen molar-refractivity contribution in [2.45, 2.75) is 6.42 Å². The molecule has 0 spiro atoms. The topological polar surface area (TPSA) is 98.2 Å². The quantitative estimate of drug-likeness (QED) is 0.472. The van der Waals surface area contributed by atoms with Gasteiger partial charge in [-0.2, -0.15) is 0 Å². The van der Waals surface area contributed by atoms with Crippen molar-refractivity contribution >= 4 is 15.9 Å².